The molecule has 4 nitrogen and oxygen atoms in total. The van der Waals surface area contributed by atoms with Crippen molar-refractivity contribution in [2.45, 2.75) is 39.7 Å². The molecule has 20 heavy (non-hydrogen) atoms. The maximum absolute atomic E-state index is 5.53. The molecule has 114 valence electrons. The number of nitrogens with one attached hydrogen (secondary N) is 2. The van der Waals surface area contributed by atoms with E-state index in [2.05, 4.69) is 40.9 Å². The van der Waals surface area contributed by atoms with Crippen molar-refractivity contribution in [3.63, 3.8) is 0 Å². The Hall–Kier alpha value is -1.07. The molecule has 0 radical (unpaired) electrons. The van der Waals surface area contributed by atoms with Gasteiger partial charge in [-0.2, -0.15) is 0 Å². The molecule has 0 amide bonds. The Morgan fingerprint density at radius 3 is 2.75 bits per heavy atom. The lowest BCUT2D eigenvalue weighted by atomic mass is 10.3. The van der Waals surface area contributed by atoms with Crippen LogP contribution in [0.15, 0.2) is 16.4 Å². The Kier molecular flexibility index (Phi) is 9.07. The Bertz CT molecular complexity index is 390. The zero-order valence-electron chi connectivity index (χ0n) is 12.9. The van der Waals surface area contributed by atoms with Crippen LogP contribution in [0.4, 0.5) is 0 Å². The first-order valence-corrected chi connectivity index (χ1v) is 8.21. The van der Waals surface area contributed by atoms with Gasteiger partial charge in [0.1, 0.15) is 0 Å². The van der Waals surface area contributed by atoms with Crippen LogP contribution in [0, 0.1) is 6.92 Å². The van der Waals surface area contributed by atoms with Crippen LogP contribution in [0.2, 0.25) is 0 Å². The second kappa shape index (κ2) is 10.7. The highest BCUT2D eigenvalue weighted by Gasteiger charge is 2.01. The van der Waals surface area contributed by atoms with E-state index >= 15 is 0 Å². The van der Waals surface area contributed by atoms with Crippen molar-refractivity contribution in [1.82, 2.24) is 10.6 Å². The van der Waals surface area contributed by atoms with Crippen molar-refractivity contribution in [2.75, 3.05) is 26.8 Å². The van der Waals surface area contributed by atoms with E-state index in [1.54, 1.807) is 18.4 Å². The third-order valence-electron chi connectivity index (χ3n) is 3.01. The summed E-state index contributed by atoms with van der Waals surface area (Å²) in [5.74, 6) is 0.853. The highest BCUT2D eigenvalue weighted by molar-refractivity contribution is 7.10. The third-order valence-corrected chi connectivity index (χ3v) is 4.03. The first-order chi connectivity index (χ1) is 9.77. The maximum atomic E-state index is 5.53. The zero-order chi connectivity index (χ0) is 14.6. The number of hydrogen-bond acceptors (Lipinski definition) is 3. The fourth-order valence-corrected chi connectivity index (χ4v) is 2.55. The predicted octanol–water partition coefficient (Wildman–Crippen LogP) is 2.93. The Labute approximate surface area is 126 Å². The molecule has 0 saturated heterocycles. The fourth-order valence-electron chi connectivity index (χ4n) is 1.70. The molecule has 0 aliphatic carbocycles. The van der Waals surface area contributed by atoms with Gasteiger partial charge in [0.2, 0.25) is 0 Å². The Morgan fingerprint density at radius 1 is 1.30 bits per heavy atom. The largest absolute Gasteiger partial charge is 0.381 e. The van der Waals surface area contributed by atoms with Crippen molar-refractivity contribution < 1.29 is 4.74 Å². The van der Waals surface area contributed by atoms with Gasteiger partial charge in [-0.05, 0) is 36.8 Å². The average Bonchev–Trinajstić information content (AvgIpc) is 2.86. The van der Waals surface area contributed by atoms with Crippen molar-refractivity contribution in [1.29, 1.82) is 0 Å². The Morgan fingerprint density at radius 2 is 2.10 bits per heavy atom. The number of nitrogens with zero attached hydrogens (tertiary/aromatic N) is 1. The number of aliphatic imine (C=N–C) groups is 1. The summed E-state index contributed by atoms with van der Waals surface area (Å²) >= 11 is 1.78. The summed E-state index contributed by atoms with van der Waals surface area (Å²) in [6, 6.07) is 2.14. The number of guanidine groups is 1. The average molecular weight is 297 g/mol. The fraction of sp³-hybridized carbons (Fsp3) is 0.667. The predicted molar refractivity (Wildman–Crippen MR) is 87.6 cm³/mol. The first-order valence-electron chi connectivity index (χ1n) is 7.33. The van der Waals surface area contributed by atoms with E-state index in [4.69, 9.17) is 4.74 Å². The summed E-state index contributed by atoms with van der Waals surface area (Å²) in [6.45, 7) is 7.72. The van der Waals surface area contributed by atoms with Crippen LogP contribution in [-0.2, 0) is 11.3 Å². The normalized spacial score (nSPS) is 11.7. The number of ether oxygens (including phenoxy) is 1. The summed E-state index contributed by atoms with van der Waals surface area (Å²) < 4.78 is 5.53. The van der Waals surface area contributed by atoms with Crippen LogP contribution < -0.4 is 10.6 Å². The number of thiophene rings is 1. The van der Waals surface area contributed by atoms with E-state index in [-0.39, 0.29) is 0 Å². The van der Waals surface area contributed by atoms with Gasteiger partial charge < -0.3 is 15.4 Å². The lowest BCUT2D eigenvalue weighted by molar-refractivity contribution is 0.129. The topological polar surface area (TPSA) is 45.6 Å². The van der Waals surface area contributed by atoms with Crippen LogP contribution in [0.3, 0.4) is 0 Å². The van der Waals surface area contributed by atoms with Gasteiger partial charge in [0.05, 0.1) is 6.54 Å². The van der Waals surface area contributed by atoms with Gasteiger partial charge in [0.15, 0.2) is 5.96 Å². The number of aryl methyl sites for hydroxylation is 1. The highest BCUT2D eigenvalue weighted by atomic mass is 32.1. The van der Waals surface area contributed by atoms with Gasteiger partial charge in [-0.25, -0.2) is 0 Å². The SMILES string of the molecule is CCCCOCCCNC(=NC)NCc1sccc1C. The monoisotopic (exact) mass is 297 g/mol. The van der Waals surface area contributed by atoms with Crippen LogP contribution >= 0.6 is 11.3 Å². The second-order valence-electron chi connectivity index (χ2n) is 4.70. The first kappa shape index (κ1) is 17.0. The highest BCUT2D eigenvalue weighted by Crippen LogP contribution is 2.14. The van der Waals surface area contributed by atoms with Gasteiger partial charge in [0.25, 0.3) is 0 Å². The van der Waals surface area contributed by atoms with Crippen molar-refractivity contribution in [2.24, 2.45) is 4.99 Å². The van der Waals surface area contributed by atoms with Gasteiger partial charge >= 0.3 is 0 Å². The molecular formula is C15H27N3OS. The molecule has 5 heteroatoms. The van der Waals surface area contributed by atoms with Gasteiger partial charge in [-0.3, -0.25) is 4.99 Å². The molecule has 0 fully saturated rings. The van der Waals surface area contributed by atoms with E-state index in [9.17, 15) is 0 Å². The summed E-state index contributed by atoms with van der Waals surface area (Å²) in [7, 11) is 1.80. The summed E-state index contributed by atoms with van der Waals surface area (Å²) in [6.07, 6.45) is 3.34. The van der Waals surface area contributed by atoms with Crippen LogP contribution in [0.25, 0.3) is 0 Å². The molecule has 1 aromatic rings. The van der Waals surface area contributed by atoms with Gasteiger partial charge in [-0.15, -0.1) is 11.3 Å². The minimum absolute atomic E-state index is 0.814. The van der Waals surface area contributed by atoms with Crippen molar-refractivity contribution in [3.05, 3.63) is 21.9 Å². The third kappa shape index (κ3) is 6.91. The number of unbranched alkanes of at least 4 members (excludes halogenated alkanes) is 1. The molecule has 0 aliphatic heterocycles. The molecular weight excluding hydrogens is 270 g/mol. The van der Waals surface area contributed by atoms with Crippen LogP contribution in [0.5, 0.6) is 0 Å². The molecule has 0 saturated carbocycles. The molecule has 1 heterocycles. The van der Waals surface area contributed by atoms with Crippen LogP contribution in [0.1, 0.15) is 36.6 Å². The molecule has 0 atom stereocenters. The molecule has 2 N–H and O–H groups in total. The molecule has 0 bridgehead atoms. The molecule has 0 aromatic carbocycles. The minimum Gasteiger partial charge on any atom is -0.381 e. The lowest BCUT2D eigenvalue weighted by Crippen LogP contribution is -2.37. The smallest absolute Gasteiger partial charge is 0.191 e. The number of hydrogen-bond donors (Lipinski definition) is 2. The van der Waals surface area contributed by atoms with Crippen molar-refractivity contribution in [3.8, 4) is 0 Å². The molecule has 0 spiro atoms. The number of rotatable bonds is 9. The summed E-state index contributed by atoms with van der Waals surface area (Å²) in [5.41, 5.74) is 1.34. The minimum atomic E-state index is 0.814. The lowest BCUT2D eigenvalue weighted by Gasteiger charge is -2.11. The Balaban J connectivity index is 2.10. The molecule has 1 rings (SSSR count). The van der Waals surface area contributed by atoms with E-state index in [0.29, 0.717) is 0 Å². The van der Waals surface area contributed by atoms with Gasteiger partial charge in [-0.1, -0.05) is 13.3 Å². The van der Waals surface area contributed by atoms with Gasteiger partial charge in [0, 0.05) is 31.7 Å². The van der Waals surface area contributed by atoms with E-state index in [0.717, 1.165) is 45.1 Å². The van der Waals surface area contributed by atoms with E-state index < -0.39 is 0 Å². The maximum Gasteiger partial charge on any atom is 0.191 e. The molecule has 1 aromatic heterocycles. The molecule has 0 unspecified atom stereocenters. The quantitative estimate of drug-likeness (QED) is 0.418. The zero-order valence-corrected chi connectivity index (χ0v) is 13.7. The van der Waals surface area contributed by atoms with E-state index in [1.165, 1.54) is 16.9 Å². The molecule has 0 aliphatic rings. The summed E-state index contributed by atoms with van der Waals surface area (Å²) in [4.78, 5) is 5.58. The van der Waals surface area contributed by atoms with Crippen molar-refractivity contribution >= 4 is 17.3 Å². The summed E-state index contributed by atoms with van der Waals surface area (Å²) in [5, 5.41) is 8.76. The second-order valence-corrected chi connectivity index (χ2v) is 5.70. The van der Waals surface area contributed by atoms with E-state index in [1.807, 2.05) is 0 Å². The standard InChI is InChI=1S/C15H27N3OS/c1-4-5-9-19-10-6-8-17-15(16-3)18-12-14-13(2)7-11-20-14/h7,11H,4-6,8-10,12H2,1-3H3,(H2,16,17,18). The van der Waals surface area contributed by atoms with Crippen LogP contribution in [-0.4, -0.2) is 32.8 Å².